The van der Waals surface area contributed by atoms with Gasteiger partial charge in [-0.2, -0.15) is 0 Å². The maximum atomic E-state index is 12.3. The molecule has 2 saturated heterocycles. The second-order valence-corrected chi connectivity index (χ2v) is 6.51. The van der Waals surface area contributed by atoms with Gasteiger partial charge in [0.15, 0.2) is 5.96 Å². The van der Waals surface area contributed by atoms with Gasteiger partial charge in [-0.05, 0) is 25.7 Å². The molecular formula is C15H28N6O3. The first kappa shape index (κ1) is 18.5. The molecule has 0 aliphatic carbocycles. The lowest BCUT2D eigenvalue weighted by atomic mass is 9.96. The Labute approximate surface area is 141 Å². The SMILES string of the molecule is N=C(N)N1CCC(C(=O)NC[C@@H]2CCCN2C(=O)[C@@H](N)CO)CC1. The topological polar surface area (TPSA) is 149 Å². The average molecular weight is 340 g/mol. The van der Waals surface area contributed by atoms with Crippen LogP contribution in [0, 0.1) is 11.3 Å². The van der Waals surface area contributed by atoms with Crippen molar-refractivity contribution in [1.29, 1.82) is 5.41 Å². The molecule has 2 aliphatic heterocycles. The molecule has 9 nitrogen and oxygen atoms in total. The van der Waals surface area contributed by atoms with Crippen LogP contribution in [0.4, 0.5) is 0 Å². The number of hydrogen-bond donors (Lipinski definition) is 5. The average Bonchev–Trinajstić information content (AvgIpc) is 3.06. The van der Waals surface area contributed by atoms with Gasteiger partial charge in [0.2, 0.25) is 11.8 Å². The van der Waals surface area contributed by atoms with E-state index < -0.39 is 6.04 Å². The molecule has 0 aromatic carbocycles. The molecule has 2 aliphatic rings. The number of nitrogens with zero attached hydrogens (tertiary/aromatic N) is 2. The Kier molecular flexibility index (Phi) is 6.38. The van der Waals surface area contributed by atoms with Crippen molar-refractivity contribution >= 4 is 17.8 Å². The van der Waals surface area contributed by atoms with Crippen LogP contribution < -0.4 is 16.8 Å². The molecule has 0 radical (unpaired) electrons. The third-order valence-electron chi connectivity index (χ3n) is 4.89. The Morgan fingerprint density at radius 2 is 1.92 bits per heavy atom. The third kappa shape index (κ3) is 4.35. The highest BCUT2D eigenvalue weighted by Crippen LogP contribution is 2.19. The minimum absolute atomic E-state index is 0.0102. The van der Waals surface area contributed by atoms with Crippen LogP contribution in [-0.4, -0.2) is 77.5 Å². The van der Waals surface area contributed by atoms with Crippen LogP contribution in [0.1, 0.15) is 25.7 Å². The molecule has 136 valence electrons. The molecule has 0 unspecified atom stereocenters. The normalized spacial score (nSPS) is 23.2. The fourth-order valence-electron chi connectivity index (χ4n) is 3.37. The maximum absolute atomic E-state index is 12.3. The Bertz CT molecular complexity index is 478. The van der Waals surface area contributed by atoms with E-state index in [0.29, 0.717) is 39.0 Å². The number of piperidine rings is 1. The van der Waals surface area contributed by atoms with Crippen LogP contribution in [0.2, 0.25) is 0 Å². The van der Waals surface area contributed by atoms with Crippen molar-refractivity contribution in [1.82, 2.24) is 15.1 Å². The first-order valence-corrected chi connectivity index (χ1v) is 8.47. The van der Waals surface area contributed by atoms with Crippen LogP contribution in [-0.2, 0) is 9.59 Å². The largest absolute Gasteiger partial charge is 0.394 e. The van der Waals surface area contributed by atoms with Gasteiger partial charge >= 0.3 is 0 Å². The monoisotopic (exact) mass is 340 g/mol. The number of guanidine groups is 1. The molecule has 24 heavy (non-hydrogen) atoms. The minimum Gasteiger partial charge on any atom is -0.394 e. The van der Waals surface area contributed by atoms with E-state index in [-0.39, 0.29) is 36.3 Å². The molecular weight excluding hydrogens is 312 g/mol. The van der Waals surface area contributed by atoms with Crippen molar-refractivity contribution in [2.24, 2.45) is 17.4 Å². The van der Waals surface area contributed by atoms with Gasteiger partial charge < -0.3 is 31.7 Å². The molecule has 2 amide bonds. The van der Waals surface area contributed by atoms with Gasteiger partial charge in [0, 0.05) is 38.1 Å². The molecule has 0 aromatic heterocycles. The van der Waals surface area contributed by atoms with Crippen molar-refractivity contribution in [3.63, 3.8) is 0 Å². The number of nitrogens with one attached hydrogen (secondary N) is 2. The van der Waals surface area contributed by atoms with Gasteiger partial charge in [0.05, 0.1) is 6.61 Å². The number of aliphatic hydroxyl groups is 1. The lowest BCUT2D eigenvalue weighted by Crippen LogP contribution is -2.51. The summed E-state index contributed by atoms with van der Waals surface area (Å²) >= 11 is 0. The molecule has 9 heteroatoms. The number of likely N-dealkylation sites (tertiary alicyclic amines) is 2. The predicted molar refractivity (Wildman–Crippen MR) is 89.0 cm³/mol. The zero-order chi connectivity index (χ0) is 17.7. The van der Waals surface area contributed by atoms with E-state index in [1.807, 2.05) is 0 Å². The molecule has 2 rings (SSSR count). The highest BCUT2D eigenvalue weighted by molar-refractivity contribution is 5.83. The van der Waals surface area contributed by atoms with Gasteiger partial charge in [-0.15, -0.1) is 0 Å². The van der Waals surface area contributed by atoms with Gasteiger partial charge in [-0.1, -0.05) is 0 Å². The summed E-state index contributed by atoms with van der Waals surface area (Å²) in [4.78, 5) is 27.9. The smallest absolute Gasteiger partial charge is 0.242 e. The maximum Gasteiger partial charge on any atom is 0.242 e. The Morgan fingerprint density at radius 1 is 1.25 bits per heavy atom. The van der Waals surface area contributed by atoms with E-state index in [1.54, 1.807) is 9.80 Å². The molecule has 0 saturated carbocycles. The number of hydrogen-bond acceptors (Lipinski definition) is 5. The number of amides is 2. The highest BCUT2D eigenvalue weighted by atomic mass is 16.3. The predicted octanol–water partition coefficient (Wildman–Crippen LogP) is -1.98. The fraction of sp³-hybridized carbons (Fsp3) is 0.800. The Morgan fingerprint density at radius 3 is 2.50 bits per heavy atom. The standard InChI is InChI=1S/C15H28N6O3/c16-12(9-22)14(24)21-5-1-2-11(21)8-19-13(23)10-3-6-20(7-4-10)15(17)18/h10-12,22H,1-9,16H2,(H3,17,18)(H,19,23)/t11-,12-/m0/s1. The zero-order valence-corrected chi connectivity index (χ0v) is 13.9. The first-order valence-electron chi connectivity index (χ1n) is 8.47. The minimum atomic E-state index is -0.891. The van der Waals surface area contributed by atoms with Gasteiger partial charge in [-0.25, -0.2) is 0 Å². The number of nitrogens with two attached hydrogens (primary N) is 2. The molecule has 0 spiro atoms. The summed E-state index contributed by atoms with van der Waals surface area (Å²) in [6.45, 7) is 1.89. The van der Waals surface area contributed by atoms with Crippen molar-refractivity contribution in [3.05, 3.63) is 0 Å². The lowest BCUT2D eigenvalue weighted by Gasteiger charge is -2.32. The summed E-state index contributed by atoms with van der Waals surface area (Å²) in [6.07, 6.45) is 3.05. The number of aliphatic hydroxyl groups excluding tert-OH is 1. The van der Waals surface area contributed by atoms with Crippen LogP contribution >= 0.6 is 0 Å². The van der Waals surface area contributed by atoms with Crippen molar-refractivity contribution in [3.8, 4) is 0 Å². The number of carbonyl (C=O) groups is 2. The second-order valence-electron chi connectivity index (χ2n) is 6.51. The van der Waals surface area contributed by atoms with Gasteiger partial charge in [0.25, 0.3) is 0 Å². The summed E-state index contributed by atoms with van der Waals surface area (Å²) in [5.41, 5.74) is 11.1. The van der Waals surface area contributed by atoms with Crippen molar-refractivity contribution < 1.29 is 14.7 Å². The number of carbonyl (C=O) groups excluding carboxylic acids is 2. The van der Waals surface area contributed by atoms with Crippen molar-refractivity contribution in [2.45, 2.75) is 37.8 Å². The zero-order valence-electron chi connectivity index (χ0n) is 13.9. The van der Waals surface area contributed by atoms with E-state index in [1.165, 1.54) is 0 Å². The summed E-state index contributed by atoms with van der Waals surface area (Å²) in [5, 5.41) is 19.4. The van der Waals surface area contributed by atoms with E-state index in [0.717, 1.165) is 12.8 Å². The Balaban J connectivity index is 1.79. The van der Waals surface area contributed by atoms with Crippen LogP contribution in [0.3, 0.4) is 0 Å². The summed E-state index contributed by atoms with van der Waals surface area (Å²) in [6, 6.07) is -0.950. The van der Waals surface area contributed by atoms with E-state index in [4.69, 9.17) is 22.0 Å². The van der Waals surface area contributed by atoms with Crippen molar-refractivity contribution in [2.75, 3.05) is 32.8 Å². The quantitative estimate of drug-likeness (QED) is 0.289. The van der Waals surface area contributed by atoms with Crippen LogP contribution in [0.5, 0.6) is 0 Å². The lowest BCUT2D eigenvalue weighted by molar-refractivity contribution is -0.135. The van der Waals surface area contributed by atoms with Crippen LogP contribution in [0.15, 0.2) is 0 Å². The summed E-state index contributed by atoms with van der Waals surface area (Å²) < 4.78 is 0. The second kappa shape index (κ2) is 8.29. The van der Waals surface area contributed by atoms with E-state index in [2.05, 4.69) is 5.32 Å². The van der Waals surface area contributed by atoms with Gasteiger partial charge in [0.1, 0.15) is 6.04 Å². The highest BCUT2D eigenvalue weighted by Gasteiger charge is 2.32. The molecule has 2 heterocycles. The molecule has 0 bridgehead atoms. The van der Waals surface area contributed by atoms with E-state index >= 15 is 0 Å². The summed E-state index contributed by atoms with van der Waals surface area (Å²) in [5.74, 6) is -0.298. The number of rotatable bonds is 5. The van der Waals surface area contributed by atoms with Gasteiger partial charge in [-0.3, -0.25) is 15.0 Å². The molecule has 0 aromatic rings. The first-order chi connectivity index (χ1) is 11.4. The van der Waals surface area contributed by atoms with Crippen LogP contribution in [0.25, 0.3) is 0 Å². The third-order valence-corrected chi connectivity index (χ3v) is 4.89. The fourth-order valence-corrected chi connectivity index (χ4v) is 3.37. The molecule has 2 atom stereocenters. The Hall–Kier alpha value is -1.87. The molecule has 7 N–H and O–H groups in total. The molecule has 2 fully saturated rings. The summed E-state index contributed by atoms with van der Waals surface area (Å²) in [7, 11) is 0. The van der Waals surface area contributed by atoms with E-state index in [9.17, 15) is 9.59 Å².